The van der Waals surface area contributed by atoms with Gasteiger partial charge < -0.3 is 29.2 Å². The van der Waals surface area contributed by atoms with Crippen LogP contribution < -0.4 is 19.5 Å². The van der Waals surface area contributed by atoms with Crippen molar-refractivity contribution >= 4 is 16.8 Å². The minimum atomic E-state index is -0.186. The summed E-state index contributed by atoms with van der Waals surface area (Å²) in [5.74, 6) is 1.95. The van der Waals surface area contributed by atoms with E-state index in [0.29, 0.717) is 66.0 Å². The SMILES string of the molecule is CN1CCN(CCOc2cc(OC3CCOCC3)c3c(Oc4cccc(C(=O)NCc5ccccc5)c4)ncnc3c2)CC1. The van der Waals surface area contributed by atoms with Gasteiger partial charge in [0, 0.05) is 69.8 Å². The lowest BCUT2D eigenvalue weighted by Crippen LogP contribution is -2.45. The fourth-order valence-electron chi connectivity index (χ4n) is 5.38. The zero-order valence-corrected chi connectivity index (χ0v) is 25.1. The lowest BCUT2D eigenvalue weighted by Gasteiger charge is -2.32. The zero-order chi connectivity index (χ0) is 30.1. The molecule has 0 bridgehead atoms. The summed E-state index contributed by atoms with van der Waals surface area (Å²) in [5, 5.41) is 3.62. The highest BCUT2D eigenvalue weighted by Gasteiger charge is 2.21. The molecule has 10 nitrogen and oxygen atoms in total. The molecule has 0 spiro atoms. The number of carbonyl (C=O) groups is 1. The lowest BCUT2D eigenvalue weighted by molar-refractivity contribution is 0.0260. The normalized spacial score (nSPS) is 16.5. The Morgan fingerprint density at radius 2 is 1.77 bits per heavy atom. The third kappa shape index (κ3) is 7.82. The summed E-state index contributed by atoms with van der Waals surface area (Å²) in [6.45, 7) is 7.40. The summed E-state index contributed by atoms with van der Waals surface area (Å²) in [4.78, 5) is 26.7. The summed E-state index contributed by atoms with van der Waals surface area (Å²) >= 11 is 0. The Kier molecular flexibility index (Phi) is 9.81. The van der Waals surface area contributed by atoms with E-state index < -0.39 is 0 Å². The van der Waals surface area contributed by atoms with E-state index in [2.05, 4.69) is 32.1 Å². The Morgan fingerprint density at radius 3 is 2.59 bits per heavy atom. The van der Waals surface area contributed by atoms with Crippen LogP contribution in [0.25, 0.3) is 10.9 Å². The van der Waals surface area contributed by atoms with E-state index in [1.807, 2.05) is 42.5 Å². The average Bonchev–Trinajstić information content (AvgIpc) is 3.06. The van der Waals surface area contributed by atoms with Gasteiger partial charge in [0.1, 0.15) is 41.7 Å². The molecule has 230 valence electrons. The molecule has 0 atom stereocenters. The predicted octanol–water partition coefficient (Wildman–Crippen LogP) is 4.54. The van der Waals surface area contributed by atoms with Crippen molar-refractivity contribution in [2.75, 3.05) is 59.6 Å². The molecule has 2 saturated heterocycles. The van der Waals surface area contributed by atoms with Gasteiger partial charge in [-0.25, -0.2) is 9.97 Å². The molecule has 0 radical (unpaired) electrons. The standard InChI is InChI=1S/C34H39N5O5/c1-38-12-14-39(15-13-38)16-19-42-29-21-30-32(31(22-29)43-27-10-17-41-18-11-27)34(37-24-36-30)44-28-9-5-8-26(20-28)33(40)35-23-25-6-3-2-4-7-25/h2-9,20-22,24,27H,10-19,23H2,1H3,(H,35,40). The first-order valence-corrected chi connectivity index (χ1v) is 15.3. The number of aromatic nitrogens is 2. The van der Waals surface area contributed by atoms with E-state index >= 15 is 0 Å². The summed E-state index contributed by atoms with van der Waals surface area (Å²) in [6, 6.07) is 20.7. The van der Waals surface area contributed by atoms with Crippen LogP contribution in [0.3, 0.4) is 0 Å². The molecule has 2 aliphatic heterocycles. The number of ether oxygens (including phenoxy) is 4. The molecule has 2 fully saturated rings. The molecule has 3 aromatic carbocycles. The van der Waals surface area contributed by atoms with Crippen LogP contribution in [0.2, 0.25) is 0 Å². The van der Waals surface area contributed by atoms with Crippen molar-refractivity contribution in [1.29, 1.82) is 0 Å². The van der Waals surface area contributed by atoms with Crippen LogP contribution >= 0.6 is 0 Å². The molecule has 10 heteroatoms. The first kappa shape index (κ1) is 29.8. The highest BCUT2D eigenvalue weighted by atomic mass is 16.5. The first-order chi connectivity index (χ1) is 21.6. The average molecular weight is 598 g/mol. The van der Waals surface area contributed by atoms with Gasteiger partial charge in [-0.15, -0.1) is 0 Å². The maximum atomic E-state index is 12.9. The predicted molar refractivity (Wildman–Crippen MR) is 168 cm³/mol. The largest absolute Gasteiger partial charge is 0.492 e. The zero-order valence-electron chi connectivity index (χ0n) is 25.1. The summed E-state index contributed by atoms with van der Waals surface area (Å²) < 4.78 is 24.6. The number of rotatable bonds is 11. The van der Waals surface area contributed by atoms with Crippen LogP contribution in [0.1, 0.15) is 28.8 Å². The molecular weight excluding hydrogens is 558 g/mol. The van der Waals surface area contributed by atoms with Gasteiger partial charge in [-0.3, -0.25) is 9.69 Å². The van der Waals surface area contributed by atoms with Gasteiger partial charge in [0.15, 0.2) is 0 Å². The van der Waals surface area contributed by atoms with Crippen LogP contribution in [-0.4, -0.2) is 91.4 Å². The van der Waals surface area contributed by atoms with Crippen LogP contribution in [0.5, 0.6) is 23.1 Å². The molecule has 44 heavy (non-hydrogen) atoms. The van der Waals surface area contributed by atoms with Gasteiger partial charge in [-0.05, 0) is 30.8 Å². The fourth-order valence-corrected chi connectivity index (χ4v) is 5.38. The van der Waals surface area contributed by atoms with Crippen LogP contribution in [0.4, 0.5) is 0 Å². The van der Waals surface area contributed by atoms with E-state index in [1.165, 1.54) is 6.33 Å². The molecule has 1 N–H and O–H groups in total. The lowest BCUT2D eigenvalue weighted by atomic mass is 10.1. The number of nitrogens with zero attached hydrogens (tertiary/aromatic N) is 4. The maximum absolute atomic E-state index is 12.9. The number of fused-ring (bicyclic) bond motifs is 1. The molecule has 0 aliphatic carbocycles. The molecular formula is C34H39N5O5. The summed E-state index contributed by atoms with van der Waals surface area (Å²) in [6.07, 6.45) is 3.05. The second kappa shape index (κ2) is 14.5. The van der Waals surface area contributed by atoms with E-state index in [9.17, 15) is 4.79 Å². The maximum Gasteiger partial charge on any atom is 0.251 e. The molecule has 1 aromatic heterocycles. The van der Waals surface area contributed by atoms with Gasteiger partial charge in [0.05, 0.1) is 18.7 Å². The number of amides is 1. The van der Waals surface area contributed by atoms with Crippen molar-refractivity contribution < 1.29 is 23.7 Å². The second-order valence-corrected chi connectivity index (χ2v) is 11.2. The molecule has 3 heterocycles. The number of likely N-dealkylation sites (N-methyl/N-ethyl adjacent to an activating group) is 1. The Morgan fingerprint density at radius 1 is 0.955 bits per heavy atom. The summed E-state index contributed by atoms with van der Waals surface area (Å²) in [5.41, 5.74) is 2.18. The number of piperazine rings is 1. The van der Waals surface area contributed by atoms with E-state index in [4.69, 9.17) is 18.9 Å². The van der Waals surface area contributed by atoms with Gasteiger partial charge in [-0.2, -0.15) is 0 Å². The van der Waals surface area contributed by atoms with Crippen molar-refractivity contribution in [3.05, 3.63) is 84.2 Å². The Hall–Kier alpha value is -4.25. The molecule has 2 aliphatic rings. The second-order valence-electron chi connectivity index (χ2n) is 11.2. The van der Waals surface area contributed by atoms with Gasteiger partial charge >= 0.3 is 0 Å². The van der Waals surface area contributed by atoms with Crippen molar-refractivity contribution in [2.24, 2.45) is 0 Å². The van der Waals surface area contributed by atoms with E-state index in [0.717, 1.165) is 51.1 Å². The highest BCUT2D eigenvalue weighted by Crippen LogP contribution is 2.38. The Labute approximate surface area is 257 Å². The third-order valence-electron chi connectivity index (χ3n) is 7.98. The molecule has 0 saturated carbocycles. The van der Waals surface area contributed by atoms with E-state index in [-0.39, 0.29) is 12.0 Å². The minimum Gasteiger partial charge on any atom is -0.492 e. The van der Waals surface area contributed by atoms with Gasteiger partial charge in [0.2, 0.25) is 5.88 Å². The fraction of sp³-hybridized carbons (Fsp3) is 0.382. The first-order valence-electron chi connectivity index (χ1n) is 15.3. The van der Waals surface area contributed by atoms with E-state index in [1.54, 1.807) is 24.3 Å². The Balaban J connectivity index is 1.21. The van der Waals surface area contributed by atoms with Gasteiger partial charge in [0.25, 0.3) is 5.91 Å². The van der Waals surface area contributed by atoms with Crippen LogP contribution in [0.15, 0.2) is 73.1 Å². The topological polar surface area (TPSA) is 98.3 Å². The Bertz CT molecular complexity index is 1540. The van der Waals surface area contributed by atoms with Crippen molar-refractivity contribution in [2.45, 2.75) is 25.5 Å². The van der Waals surface area contributed by atoms with Crippen molar-refractivity contribution in [3.8, 4) is 23.1 Å². The quantitative estimate of drug-likeness (QED) is 0.267. The summed E-state index contributed by atoms with van der Waals surface area (Å²) in [7, 11) is 2.16. The van der Waals surface area contributed by atoms with Crippen LogP contribution in [0, 0.1) is 0 Å². The van der Waals surface area contributed by atoms with Crippen molar-refractivity contribution in [3.63, 3.8) is 0 Å². The number of hydrogen-bond acceptors (Lipinski definition) is 9. The molecule has 6 rings (SSSR count). The van der Waals surface area contributed by atoms with Crippen LogP contribution in [-0.2, 0) is 11.3 Å². The number of benzene rings is 3. The molecule has 0 unspecified atom stereocenters. The van der Waals surface area contributed by atoms with Crippen molar-refractivity contribution in [1.82, 2.24) is 25.1 Å². The monoisotopic (exact) mass is 597 g/mol. The number of carbonyl (C=O) groups excluding carboxylic acids is 1. The third-order valence-corrected chi connectivity index (χ3v) is 7.98. The molecule has 4 aromatic rings. The highest BCUT2D eigenvalue weighted by molar-refractivity contribution is 5.95. The molecule has 1 amide bonds. The minimum absolute atomic E-state index is 0.00256. The number of hydrogen-bond donors (Lipinski definition) is 1. The number of nitrogens with one attached hydrogen (secondary N) is 1. The smallest absolute Gasteiger partial charge is 0.251 e. The van der Waals surface area contributed by atoms with Gasteiger partial charge in [-0.1, -0.05) is 36.4 Å².